The zero-order valence-corrected chi connectivity index (χ0v) is 25.8. The minimum atomic E-state index is -4.57. The van der Waals surface area contributed by atoms with Crippen LogP contribution in [0.25, 0.3) is 10.9 Å². The van der Waals surface area contributed by atoms with Crippen LogP contribution in [-0.4, -0.2) is 62.1 Å². The molecule has 2 fully saturated rings. The molecule has 2 aromatic heterocycles. The molecule has 0 N–H and O–H groups in total. The number of nitrogens with zero attached hydrogens (tertiary/aromatic N) is 5. The molecule has 43 heavy (non-hydrogen) atoms. The monoisotopic (exact) mass is 615 g/mol. The third kappa shape index (κ3) is 5.70. The van der Waals surface area contributed by atoms with Gasteiger partial charge < -0.3 is 9.64 Å². The molecule has 2 aliphatic heterocycles. The Balaban J connectivity index is 1.50. The van der Waals surface area contributed by atoms with Gasteiger partial charge in [-0.1, -0.05) is 6.07 Å². The van der Waals surface area contributed by atoms with E-state index in [0.717, 1.165) is 5.69 Å². The topological polar surface area (TPSA) is 80.6 Å². The lowest BCUT2D eigenvalue weighted by atomic mass is 9.98. The van der Waals surface area contributed by atoms with Crippen LogP contribution in [0.4, 0.5) is 23.8 Å². The quantitative estimate of drug-likeness (QED) is 0.337. The van der Waals surface area contributed by atoms with E-state index in [4.69, 9.17) is 4.74 Å². The molecule has 0 radical (unpaired) electrons. The fourth-order valence-electron chi connectivity index (χ4n) is 6.40. The first-order chi connectivity index (χ1) is 20.2. The number of pyridine rings is 1. The maximum Gasteiger partial charge on any atom is 0.416 e. The predicted molar refractivity (Wildman–Crippen MR) is 160 cm³/mol. The summed E-state index contributed by atoms with van der Waals surface area (Å²) >= 11 is 1.39. The highest BCUT2D eigenvalue weighted by atomic mass is 32.2. The lowest BCUT2D eigenvalue weighted by molar-refractivity contribution is -0.138. The number of halogens is 3. The van der Waals surface area contributed by atoms with Crippen LogP contribution < -0.4 is 10.6 Å². The highest BCUT2D eigenvalue weighted by Crippen LogP contribution is 2.53. The number of rotatable bonds is 3. The summed E-state index contributed by atoms with van der Waals surface area (Å²) in [5, 5.41) is 0.311. The molecule has 6 rings (SSSR count). The van der Waals surface area contributed by atoms with Crippen molar-refractivity contribution in [1.82, 2.24) is 19.4 Å². The molecule has 1 saturated carbocycles. The molecular formula is C31H36F3N5O3S. The largest absolute Gasteiger partial charge is 0.444 e. The second-order valence-electron chi connectivity index (χ2n) is 12.9. The van der Waals surface area contributed by atoms with Crippen LogP contribution in [0, 0.1) is 0 Å². The number of hydrogen-bond donors (Lipinski definition) is 0. The van der Waals surface area contributed by atoms with E-state index < -0.39 is 29.1 Å². The van der Waals surface area contributed by atoms with Gasteiger partial charge in [-0.2, -0.15) is 18.2 Å². The van der Waals surface area contributed by atoms with Crippen LogP contribution in [-0.2, 0) is 17.5 Å². The second-order valence-corrected chi connectivity index (χ2v) is 13.9. The first-order valence-electron chi connectivity index (χ1n) is 14.7. The van der Waals surface area contributed by atoms with Crippen LogP contribution in [0.1, 0.15) is 76.1 Å². The van der Waals surface area contributed by atoms with E-state index in [2.05, 4.69) is 9.97 Å². The van der Waals surface area contributed by atoms with Gasteiger partial charge in [0.05, 0.1) is 23.2 Å². The number of carbonyl (C=O) groups excluding carboxylic acids is 1. The molecule has 1 saturated heterocycles. The summed E-state index contributed by atoms with van der Waals surface area (Å²) in [5.74, 6) is 0.356. The van der Waals surface area contributed by atoms with Crippen LogP contribution in [0.15, 0.2) is 40.2 Å². The highest BCUT2D eigenvalue weighted by molar-refractivity contribution is 7.99. The van der Waals surface area contributed by atoms with Crippen molar-refractivity contribution in [2.24, 2.45) is 0 Å². The molecule has 4 heterocycles. The summed E-state index contributed by atoms with van der Waals surface area (Å²) in [6.45, 7) is 10.0. The van der Waals surface area contributed by atoms with Crippen molar-refractivity contribution >= 4 is 34.6 Å². The molecule has 0 bridgehead atoms. The summed E-state index contributed by atoms with van der Waals surface area (Å²) < 4.78 is 51.3. The number of carbonyl (C=O) groups is 1. The summed E-state index contributed by atoms with van der Waals surface area (Å²) in [7, 11) is 0. The van der Waals surface area contributed by atoms with E-state index in [-0.39, 0.29) is 36.3 Å². The zero-order chi connectivity index (χ0) is 30.8. The Morgan fingerprint density at radius 3 is 2.33 bits per heavy atom. The Labute approximate surface area is 252 Å². The van der Waals surface area contributed by atoms with Crippen molar-refractivity contribution in [2.45, 2.75) is 94.6 Å². The van der Waals surface area contributed by atoms with Crippen molar-refractivity contribution in [2.75, 3.05) is 23.7 Å². The Kier molecular flexibility index (Phi) is 7.42. The van der Waals surface area contributed by atoms with Gasteiger partial charge in [-0.3, -0.25) is 14.5 Å². The van der Waals surface area contributed by atoms with E-state index in [9.17, 15) is 22.8 Å². The van der Waals surface area contributed by atoms with Crippen molar-refractivity contribution in [1.29, 1.82) is 0 Å². The zero-order valence-electron chi connectivity index (χ0n) is 24.9. The number of amides is 1. The lowest BCUT2D eigenvalue weighted by Gasteiger charge is -2.45. The average Bonchev–Trinajstić information content (AvgIpc) is 3.76. The number of aromatic nitrogens is 3. The molecule has 0 spiro atoms. The van der Waals surface area contributed by atoms with Crippen molar-refractivity contribution < 1.29 is 22.7 Å². The minimum Gasteiger partial charge on any atom is -0.444 e. The fraction of sp³-hybridized carbons (Fsp3) is 0.548. The normalized spacial score (nSPS) is 22.9. The minimum absolute atomic E-state index is 0.175. The molecular weight excluding hydrogens is 579 g/mol. The van der Waals surface area contributed by atoms with Crippen LogP contribution in [0.5, 0.6) is 0 Å². The Morgan fingerprint density at radius 2 is 1.74 bits per heavy atom. The van der Waals surface area contributed by atoms with Crippen LogP contribution in [0.3, 0.4) is 0 Å². The van der Waals surface area contributed by atoms with Gasteiger partial charge in [0.2, 0.25) is 0 Å². The Hall–Kier alpha value is -3.28. The molecule has 8 nitrogen and oxygen atoms in total. The molecule has 1 aromatic carbocycles. The van der Waals surface area contributed by atoms with Gasteiger partial charge in [-0.25, -0.2) is 9.59 Å². The molecule has 3 aliphatic rings. The first kappa shape index (κ1) is 29.8. The SMILES string of the molecule is C[C@@H]1CN(c2nc(=O)n3c4c(c(C5CC5)c(C(F)(F)F)cc24)SC[C@@H](c2ccccn2)C3)C[C@H](C)N1C(=O)OC(C)(C)C. The lowest BCUT2D eigenvalue weighted by Crippen LogP contribution is -2.59. The number of anilines is 1. The fourth-order valence-corrected chi connectivity index (χ4v) is 7.83. The average molecular weight is 616 g/mol. The summed E-state index contributed by atoms with van der Waals surface area (Å²) in [6, 6.07) is 6.13. The van der Waals surface area contributed by atoms with Crippen LogP contribution >= 0.6 is 11.8 Å². The molecule has 230 valence electrons. The van der Waals surface area contributed by atoms with E-state index in [1.54, 1.807) is 36.4 Å². The molecule has 3 atom stereocenters. The molecule has 1 amide bonds. The number of alkyl halides is 3. The van der Waals surface area contributed by atoms with Gasteiger partial charge >= 0.3 is 18.0 Å². The third-order valence-corrected chi connectivity index (χ3v) is 9.56. The van der Waals surface area contributed by atoms with Crippen molar-refractivity contribution in [3.8, 4) is 0 Å². The molecule has 3 aromatic rings. The molecule has 1 aliphatic carbocycles. The number of thioether (sulfide) groups is 1. The summed E-state index contributed by atoms with van der Waals surface area (Å²) in [5.41, 5.74) is -0.212. The van der Waals surface area contributed by atoms with Crippen LogP contribution in [0.2, 0.25) is 0 Å². The Morgan fingerprint density at radius 1 is 1.05 bits per heavy atom. The second kappa shape index (κ2) is 10.7. The molecule has 12 heteroatoms. The van der Waals surface area contributed by atoms with E-state index >= 15 is 0 Å². The van der Waals surface area contributed by atoms with Gasteiger partial charge in [-0.15, -0.1) is 11.8 Å². The van der Waals surface area contributed by atoms with E-state index in [1.807, 2.05) is 36.9 Å². The third-order valence-electron chi connectivity index (χ3n) is 8.29. The standard InChI is InChI=1S/C31H36F3N5O3S/c1-17-13-37(14-18(2)39(17)29(41)42-30(3,4)5)27-21-12-22(31(32,33)34)24(19-9-10-19)26-25(21)38(28(40)36-27)15-20(16-43-26)23-8-6-7-11-35-23/h6-8,11-12,17-20H,9-10,13-16H2,1-5H3/t17-,18+,20-/m0/s1. The highest BCUT2D eigenvalue weighted by Gasteiger charge is 2.43. The number of benzene rings is 1. The predicted octanol–water partition coefficient (Wildman–Crippen LogP) is 6.41. The van der Waals surface area contributed by atoms with E-state index in [0.29, 0.717) is 53.0 Å². The number of hydrogen-bond acceptors (Lipinski definition) is 7. The van der Waals surface area contributed by atoms with Gasteiger partial charge in [0, 0.05) is 53.5 Å². The number of ether oxygens (including phenoxy) is 1. The van der Waals surface area contributed by atoms with Gasteiger partial charge in [-0.05, 0) is 77.1 Å². The smallest absolute Gasteiger partial charge is 0.416 e. The summed E-state index contributed by atoms with van der Waals surface area (Å²) in [6.07, 6.45) is -1.94. The van der Waals surface area contributed by atoms with Gasteiger partial charge in [0.1, 0.15) is 11.4 Å². The van der Waals surface area contributed by atoms with Gasteiger partial charge in [0.25, 0.3) is 0 Å². The maximum absolute atomic E-state index is 14.7. The van der Waals surface area contributed by atoms with Crippen molar-refractivity contribution in [3.05, 3.63) is 57.8 Å². The summed E-state index contributed by atoms with van der Waals surface area (Å²) in [4.78, 5) is 39.8. The van der Waals surface area contributed by atoms with Gasteiger partial charge in [0.15, 0.2) is 0 Å². The Bertz CT molecular complexity index is 1610. The van der Waals surface area contributed by atoms with E-state index in [1.165, 1.54) is 17.8 Å². The molecule has 0 unspecified atom stereocenters. The maximum atomic E-state index is 14.7. The van der Waals surface area contributed by atoms with Crippen molar-refractivity contribution in [3.63, 3.8) is 0 Å². The number of piperazine rings is 1. The first-order valence-corrected chi connectivity index (χ1v) is 15.7.